The second kappa shape index (κ2) is 6.61. The Morgan fingerprint density at radius 3 is 2.80 bits per heavy atom. The van der Waals surface area contributed by atoms with Crippen molar-refractivity contribution >= 4 is 45.0 Å². The van der Waals surface area contributed by atoms with E-state index in [-0.39, 0.29) is 0 Å². The van der Waals surface area contributed by atoms with Crippen molar-refractivity contribution in [2.24, 2.45) is 5.41 Å². The maximum Gasteiger partial charge on any atom is 0.190 e. The van der Waals surface area contributed by atoms with Crippen LogP contribution < -0.4 is 5.32 Å². The van der Waals surface area contributed by atoms with Crippen molar-refractivity contribution in [3.05, 3.63) is 23.2 Å². The molecule has 0 unspecified atom stereocenters. The van der Waals surface area contributed by atoms with Crippen molar-refractivity contribution in [3.8, 4) is 0 Å². The van der Waals surface area contributed by atoms with E-state index in [9.17, 15) is 0 Å². The Bertz CT molecular complexity index is 873. The van der Waals surface area contributed by atoms with Gasteiger partial charge in [0.25, 0.3) is 0 Å². The molecule has 0 aliphatic heterocycles. The van der Waals surface area contributed by atoms with Gasteiger partial charge in [-0.1, -0.05) is 25.6 Å². The van der Waals surface area contributed by atoms with Crippen LogP contribution in [0.2, 0.25) is 0 Å². The van der Waals surface area contributed by atoms with Gasteiger partial charge >= 0.3 is 0 Å². The van der Waals surface area contributed by atoms with Gasteiger partial charge in [0.1, 0.15) is 0 Å². The van der Waals surface area contributed by atoms with Crippen molar-refractivity contribution in [2.75, 3.05) is 5.32 Å². The van der Waals surface area contributed by atoms with E-state index in [1.165, 1.54) is 25.7 Å². The summed E-state index contributed by atoms with van der Waals surface area (Å²) in [5, 5.41) is 14.1. The first-order valence-corrected chi connectivity index (χ1v) is 10.5. The summed E-state index contributed by atoms with van der Waals surface area (Å²) in [4.78, 5) is 9.57. The molecule has 7 heteroatoms. The van der Waals surface area contributed by atoms with Crippen molar-refractivity contribution < 1.29 is 0 Å². The Hall–Kier alpha value is -1.60. The number of aromatic amines is 1. The average molecular weight is 374 g/mol. The average Bonchev–Trinajstić information content (AvgIpc) is 3.18. The lowest BCUT2D eigenvalue weighted by molar-refractivity contribution is 0.249. The molecule has 3 aromatic rings. The predicted octanol–water partition coefficient (Wildman–Crippen LogP) is 5.53. The lowest BCUT2D eigenvalue weighted by atomic mass is 9.77. The number of nitrogens with one attached hydrogen (secondary N) is 2. The molecule has 0 spiro atoms. The van der Waals surface area contributed by atoms with Gasteiger partial charge < -0.3 is 5.32 Å². The van der Waals surface area contributed by atoms with Crippen LogP contribution >= 0.6 is 23.1 Å². The van der Waals surface area contributed by atoms with Crippen molar-refractivity contribution in [1.82, 2.24) is 20.2 Å². The minimum Gasteiger partial charge on any atom is -0.322 e. The van der Waals surface area contributed by atoms with Gasteiger partial charge in [0.15, 0.2) is 16.8 Å². The molecule has 3 aromatic heterocycles. The van der Waals surface area contributed by atoms with Crippen LogP contribution in [-0.4, -0.2) is 25.4 Å². The number of H-pyrrole nitrogens is 1. The number of thiophene rings is 1. The standard InChI is InChI=1S/C18H23N5S2/c1-11-10-14(23-22-11)20-16-15-13(6-9-24-15)19-17(21-16)25-12-4-7-18(2,3)8-5-12/h6,9-10,12H,4-5,7-8H2,1-3H3,(H2,19,20,21,22,23). The zero-order chi connectivity index (χ0) is 17.4. The summed E-state index contributed by atoms with van der Waals surface area (Å²) >= 11 is 3.49. The van der Waals surface area contributed by atoms with Gasteiger partial charge in [0, 0.05) is 17.0 Å². The van der Waals surface area contributed by atoms with Crippen molar-refractivity contribution in [3.63, 3.8) is 0 Å². The first-order valence-electron chi connectivity index (χ1n) is 8.69. The highest BCUT2D eigenvalue weighted by molar-refractivity contribution is 7.99. The van der Waals surface area contributed by atoms with Gasteiger partial charge in [0.05, 0.1) is 10.2 Å². The zero-order valence-corrected chi connectivity index (χ0v) is 16.4. The summed E-state index contributed by atoms with van der Waals surface area (Å²) in [6.07, 6.45) is 5.04. The van der Waals surface area contributed by atoms with Gasteiger partial charge in [-0.15, -0.1) is 11.3 Å². The second-order valence-corrected chi connectivity index (χ2v) is 9.72. The molecule has 0 atom stereocenters. The summed E-state index contributed by atoms with van der Waals surface area (Å²) in [5.41, 5.74) is 2.52. The molecule has 132 valence electrons. The number of aryl methyl sites for hydroxylation is 1. The monoisotopic (exact) mass is 373 g/mol. The number of hydrogen-bond donors (Lipinski definition) is 2. The summed E-state index contributed by atoms with van der Waals surface area (Å²) < 4.78 is 1.08. The van der Waals surface area contributed by atoms with E-state index in [2.05, 4.69) is 40.8 Å². The summed E-state index contributed by atoms with van der Waals surface area (Å²) in [6.45, 7) is 6.73. The molecule has 0 saturated heterocycles. The Kier molecular flexibility index (Phi) is 4.45. The van der Waals surface area contributed by atoms with Crippen LogP contribution in [0.25, 0.3) is 10.2 Å². The summed E-state index contributed by atoms with van der Waals surface area (Å²) in [5.74, 6) is 1.64. The van der Waals surface area contributed by atoms with Crippen molar-refractivity contribution in [1.29, 1.82) is 0 Å². The molecule has 0 amide bonds. The molecule has 3 heterocycles. The number of rotatable bonds is 4. The van der Waals surface area contributed by atoms with Gasteiger partial charge in [0.2, 0.25) is 0 Å². The number of nitrogens with zero attached hydrogens (tertiary/aromatic N) is 3. The third-order valence-electron chi connectivity index (χ3n) is 4.79. The van der Waals surface area contributed by atoms with Crippen LogP contribution in [-0.2, 0) is 0 Å². The van der Waals surface area contributed by atoms with Gasteiger partial charge in [-0.3, -0.25) is 5.10 Å². The Morgan fingerprint density at radius 2 is 2.08 bits per heavy atom. The van der Waals surface area contributed by atoms with Crippen molar-refractivity contribution in [2.45, 2.75) is 56.9 Å². The minimum atomic E-state index is 0.486. The summed E-state index contributed by atoms with van der Waals surface area (Å²) in [6, 6.07) is 4.05. The first-order chi connectivity index (χ1) is 12.0. The van der Waals surface area contributed by atoms with E-state index in [0.29, 0.717) is 10.7 Å². The number of fused-ring (bicyclic) bond motifs is 1. The van der Waals surface area contributed by atoms with Crippen LogP contribution in [0.3, 0.4) is 0 Å². The zero-order valence-electron chi connectivity index (χ0n) is 14.8. The molecule has 5 nitrogen and oxygen atoms in total. The minimum absolute atomic E-state index is 0.486. The molecule has 25 heavy (non-hydrogen) atoms. The number of hydrogen-bond acceptors (Lipinski definition) is 6. The Labute approximate surface area is 156 Å². The molecule has 1 saturated carbocycles. The lowest BCUT2D eigenvalue weighted by Gasteiger charge is -2.33. The molecule has 0 aromatic carbocycles. The fraction of sp³-hybridized carbons (Fsp3) is 0.500. The molecule has 0 bridgehead atoms. The summed E-state index contributed by atoms with van der Waals surface area (Å²) in [7, 11) is 0. The molecule has 4 rings (SSSR count). The van der Waals surface area contributed by atoms with Gasteiger partial charge in [-0.2, -0.15) is 5.10 Å². The largest absolute Gasteiger partial charge is 0.322 e. The van der Waals surface area contributed by atoms with E-state index >= 15 is 0 Å². The molecular formula is C18H23N5S2. The highest BCUT2D eigenvalue weighted by atomic mass is 32.2. The van der Waals surface area contributed by atoms with Crippen LogP contribution in [0.15, 0.2) is 22.7 Å². The van der Waals surface area contributed by atoms with Crippen LogP contribution in [0, 0.1) is 12.3 Å². The normalized spacial score (nSPS) is 17.9. The highest BCUT2D eigenvalue weighted by Crippen LogP contribution is 2.41. The third-order valence-corrected chi connectivity index (χ3v) is 6.90. The second-order valence-electron chi connectivity index (χ2n) is 7.53. The first kappa shape index (κ1) is 16.8. The Morgan fingerprint density at radius 1 is 1.28 bits per heavy atom. The maximum atomic E-state index is 4.81. The third kappa shape index (κ3) is 3.82. The number of thioether (sulfide) groups is 1. The van der Waals surface area contributed by atoms with Gasteiger partial charge in [-0.05, 0) is 49.5 Å². The van der Waals surface area contributed by atoms with E-state index in [4.69, 9.17) is 9.97 Å². The van der Waals surface area contributed by atoms with Crippen LogP contribution in [0.5, 0.6) is 0 Å². The fourth-order valence-corrected chi connectivity index (χ4v) is 5.06. The molecule has 2 N–H and O–H groups in total. The highest BCUT2D eigenvalue weighted by Gasteiger charge is 2.28. The van der Waals surface area contributed by atoms with E-state index in [1.807, 2.05) is 24.8 Å². The molecule has 1 aliphatic rings. The smallest absolute Gasteiger partial charge is 0.190 e. The Balaban J connectivity index is 1.57. The number of anilines is 2. The fourth-order valence-electron chi connectivity index (χ4n) is 3.22. The lowest BCUT2D eigenvalue weighted by Crippen LogP contribution is -2.22. The molecule has 0 radical (unpaired) electrons. The SMILES string of the molecule is Cc1cc(Nc2nc(SC3CCC(C)(C)CC3)nc3ccsc23)n[nH]1. The van der Waals surface area contributed by atoms with E-state index < -0.39 is 0 Å². The van der Waals surface area contributed by atoms with Crippen LogP contribution in [0.4, 0.5) is 11.6 Å². The molecule has 1 fully saturated rings. The van der Waals surface area contributed by atoms with E-state index in [1.54, 1.807) is 11.3 Å². The molecule has 1 aliphatic carbocycles. The van der Waals surface area contributed by atoms with E-state index in [0.717, 1.165) is 32.7 Å². The number of aromatic nitrogens is 4. The predicted molar refractivity (Wildman–Crippen MR) is 106 cm³/mol. The maximum absolute atomic E-state index is 4.81. The quantitative estimate of drug-likeness (QED) is 0.589. The van der Waals surface area contributed by atoms with Gasteiger partial charge in [-0.25, -0.2) is 9.97 Å². The topological polar surface area (TPSA) is 66.5 Å². The van der Waals surface area contributed by atoms with Crippen LogP contribution in [0.1, 0.15) is 45.2 Å². The molecular weight excluding hydrogens is 350 g/mol.